The first-order valence-electron chi connectivity index (χ1n) is 8.85. The number of para-hydroxylation sites is 1. The zero-order valence-electron chi connectivity index (χ0n) is 15.0. The molecule has 1 amide bonds. The average Bonchev–Trinajstić information content (AvgIpc) is 2.72. The van der Waals surface area contributed by atoms with Crippen molar-refractivity contribution in [3.63, 3.8) is 0 Å². The van der Waals surface area contributed by atoms with Crippen molar-refractivity contribution >= 4 is 5.91 Å². The van der Waals surface area contributed by atoms with Gasteiger partial charge in [-0.25, -0.2) is 4.98 Å². The molecule has 3 rings (SSSR count). The van der Waals surface area contributed by atoms with E-state index in [4.69, 9.17) is 14.2 Å². The van der Waals surface area contributed by atoms with E-state index in [1.807, 2.05) is 35.2 Å². The molecule has 0 spiro atoms. The van der Waals surface area contributed by atoms with Gasteiger partial charge in [0.25, 0.3) is 5.91 Å². The van der Waals surface area contributed by atoms with Gasteiger partial charge < -0.3 is 19.1 Å². The first-order chi connectivity index (χ1) is 12.8. The van der Waals surface area contributed by atoms with Crippen LogP contribution in [0.5, 0.6) is 11.6 Å². The molecule has 1 aromatic heterocycles. The lowest BCUT2D eigenvalue weighted by Crippen LogP contribution is -2.41. The fraction of sp³-hybridized carbons (Fsp3) is 0.400. The predicted molar refractivity (Wildman–Crippen MR) is 97.6 cm³/mol. The van der Waals surface area contributed by atoms with E-state index in [-0.39, 0.29) is 12.0 Å². The summed E-state index contributed by atoms with van der Waals surface area (Å²) in [4.78, 5) is 18.5. The molecule has 6 heteroatoms. The number of nitrogens with zero attached hydrogens (tertiary/aromatic N) is 2. The van der Waals surface area contributed by atoms with Crippen LogP contribution in [0.25, 0.3) is 0 Å². The number of rotatable bonds is 7. The molecule has 26 heavy (non-hydrogen) atoms. The van der Waals surface area contributed by atoms with Gasteiger partial charge in [-0.2, -0.15) is 0 Å². The fourth-order valence-electron chi connectivity index (χ4n) is 2.93. The van der Waals surface area contributed by atoms with Crippen LogP contribution in [0.3, 0.4) is 0 Å². The molecule has 0 atom stereocenters. The van der Waals surface area contributed by atoms with Crippen molar-refractivity contribution < 1.29 is 19.0 Å². The Labute approximate surface area is 153 Å². The van der Waals surface area contributed by atoms with E-state index in [9.17, 15) is 4.79 Å². The maximum Gasteiger partial charge on any atom is 0.255 e. The van der Waals surface area contributed by atoms with Gasteiger partial charge in [-0.1, -0.05) is 18.2 Å². The van der Waals surface area contributed by atoms with E-state index in [0.29, 0.717) is 37.7 Å². The van der Waals surface area contributed by atoms with Crippen LogP contribution in [0.2, 0.25) is 0 Å². The number of piperidine rings is 1. The number of hydrogen-bond acceptors (Lipinski definition) is 5. The zero-order valence-corrected chi connectivity index (χ0v) is 15.0. The van der Waals surface area contributed by atoms with E-state index in [1.165, 1.54) is 0 Å². The summed E-state index contributed by atoms with van der Waals surface area (Å²) in [5.74, 6) is 1.36. The highest BCUT2D eigenvalue weighted by Gasteiger charge is 2.24. The normalized spacial score (nSPS) is 14.9. The van der Waals surface area contributed by atoms with Crippen molar-refractivity contribution in [2.45, 2.75) is 18.9 Å². The largest absolute Gasteiger partial charge is 0.491 e. The molecule has 0 radical (unpaired) electrons. The van der Waals surface area contributed by atoms with Crippen LogP contribution >= 0.6 is 0 Å². The highest BCUT2D eigenvalue weighted by atomic mass is 16.5. The molecule has 0 N–H and O–H groups in total. The minimum absolute atomic E-state index is 0.00557. The monoisotopic (exact) mass is 356 g/mol. The maximum absolute atomic E-state index is 12.5. The number of amides is 1. The Bertz CT molecular complexity index is 683. The summed E-state index contributed by atoms with van der Waals surface area (Å²) in [7, 11) is 1.56. The molecule has 0 aliphatic carbocycles. The van der Waals surface area contributed by atoms with Crippen molar-refractivity contribution in [3.8, 4) is 11.6 Å². The molecule has 1 aromatic carbocycles. The van der Waals surface area contributed by atoms with Gasteiger partial charge >= 0.3 is 0 Å². The van der Waals surface area contributed by atoms with Crippen LogP contribution in [0, 0.1) is 0 Å². The average molecular weight is 356 g/mol. The molecule has 6 nitrogen and oxygen atoms in total. The van der Waals surface area contributed by atoms with Gasteiger partial charge in [0.1, 0.15) is 12.4 Å². The van der Waals surface area contributed by atoms with Gasteiger partial charge in [-0.05, 0) is 31.0 Å². The topological polar surface area (TPSA) is 60.9 Å². The molecule has 0 bridgehead atoms. The third-order valence-electron chi connectivity index (χ3n) is 4.37. The summed E-state index contributed by atoms with van der Waals surface area (Å²) < 4.78 is 16.5. The number of carbonyl (C=O) groups is 1. The van der Waals surface area contributed by atoms with Gasteiger partial charge in [0, 0.05) is 25.4 Å². The van der Waals surface area contributed by atoms with Crippen molar-refractivity contribution in [1.82, 2.24) is 9.88 Å². The van der Waals surface area contributed by atoms with Gasteiger partial charge in [-0.3, -0.25) is 4.79 Å². The number of hydrogen-bond donors (Lipinski definition) is 0. The van der Waals surface area contributed by atoms with E-state index >= 15 is 0 Å². The molecule has 0 saturated carbocycles. The van der Waals surface area contributed by atoms with Gasteiger partial charge in [0.05, 0.1) is 25.4 Å². The number of ether oxygens (including phenoxy) is 3. The lowest BCUT2D eigenvalue weighted by atomic mass is 10.1. The highest BCUT2D eigenvalue weighted by Crippen LogP contribution is 2.17. The first kappa shape index (κ1) is 18.2. The third-order valence-corrected chi connectivity index (χ3v) is 4.37. The quantitative estimate of drug-likeness (QED) is 0.714. The Morgan fingerprint density at radius 3 is 2.54 bits per heavy atom. The molecule has 1 aliphatic heterocycles. The second-order valence-corrected chi connectivity index (χ2v) is 6.11. The number of benzene rings is 1. The standard InChI is InChI=1S/C20H24N2O4/c1-24-19-8-7-16(15-21-19)20(23)22-11-9-18(10-12-22)26-14-13-25-17-5-3-2-4-6-17/h2-8,15,18H,9-14H2,1H3. The van der Waals surface area contributed by atoms with E-state index in [2.05, 4.69) is 4.98 Å². The smallest absolute Gasteiger partial charge is 0.255 e. The van der Waals surface area contributed by atoms with Crippen LogP contribution < -0.4 is 9.47 Å². The third kappa shape index (κ3) is 4.95. The van der Waals surface area contributed by atoms with Crippen molar-refractivity contribution in [2.75, 3.05) is 33.4 Å². The Morgan fingerprint density at radius 2 is 1.88 bits per heavy atom. The predicted octanol–water partition coefficient (Wildman–Crippen LogP) is 2.79. The van der Waals surface area contributed by atoms with Crippen LogP contribution in [-0.4, -0.2) is 55.3 Å². The molecule has 2 aromatic rings. The molecular weight excluding hydrogens is 332 g/mol. The summed E-state index contributed by atoms with van der Waals surface area (Å²) in [5, 5.41) is 0. The van der Waals surface area contributed by atoms with Crippen LogP contribution in [0.1, 0.15) is 23.2 Å². The fourth-order valence-corrected chi connectivity index (χ4v) is 2.93. The van der Waals surface area contributed by atoms with Gasteiger partial charge in [-0.15, -0.1) is 0 Å². The summed E-state index contributed by atoms with van der Waals surface area (Å²) in [6.45, 7) is 2.46. The number of aromatic nitrogens is 1. The van der Waals surface area contributed by atoms with Gasteiger partial charge in [0.2, 0.25) is 5.88 Å². The van der Waals surface area contributed by atoms with Crippen molar-refractivity contribution in [3.05, 3.63) is 54.2 Å². The van der Waals surface area contributed by atoms with E-state index in [0.717, 1.165) is 18.6 Å². The number of methoxy groups -OCH3 is 1. The first-order valence-corrected chi connectivity index (χ1v) is 8.85. The lowest BCUT2D eigenvalue weighted by molar-refractivity contribution is -0.00239. The highest BCUT2D eigenvalue weighted by molar-refractivity contribution is 5.94. The summed E-state index contributed by atoms with van der Waals surface area (Å²) in [6.07, 6.45) is 3.40. The lowest BCUT2D eigenvalue weighted by Gasteiger charge is -2.32. The Hall–Kier alpha value is -2.60. The van der Waals surface area contributed by atoms with Crippen molar-refractivity contribution in [2.24, 2.45) is 0 Å². The Balaban J connectivity index is 1.37. The zero-order chi connectivity index (χ0) is 18.2. The summed E-state index contributed by atoms with van der Waals surface area (Å²) in [5.41, 5.74) is 0.585. The Kier molecular flexibility index (Phi) is 6.44. The molecule has 138 valence electrons. The number of carbonyl (C=O) groups excluding carboxylic acids is 1. The molecule has 2 heterocycles. The molecule has 1 fully saturated rings. The van der Waals surface area contributed by atoms with E-state index < -0.39 is 0 Å². The van der Waals surface area contributed by atoms with Crippen LogP contribution in [0.4, 0.5) is 0 Å². The van der Waals surface area contributed by atoms with Crippen LogP contribution in [-0.2, 0) is 4.74 Å². The van der Waals surface area contributed by atoms with Crippen LogP contribution in [0.15, 0.2) is 48.7 Å². The second kappa shape index (κ2) is 9.20. The minimum atomic E-state index is 0.00557. The second-order valence-electron chi connectivity index (χ2n) is 6.11. The number of pyridine rings is 1. The SMILES string of the molecule is COc1ccc(C(=O)N2CCC(OCCOc3ccccc3)CC2)cn1. The summed E-state index contributed by atoms with van der Waals surface area (Å²) >= 11 is 0. The molecule has 1 aliphatic rings. The summed E-state index contributed by atoms with van der Waals surface area (Å²) in [6, 6.07) is 13.2. The van der Waals surface area contributed by atoms with E-state index in [1.54, 1.807) is 25.4 Å². The van der Waals surface area contributed by atoms with Gasteiger partial charge in [0.15, 0.2) is 0 Å². The molecule has 1 saturated heterocycles. The minimum Gasteiger partial charge on any atom is -0.491 e. The molecule has 0 unspecified atom stereocenters. The maximum atomic E-state index is 12.5. The van der Waals surface area contributed by atoms with Crippen molar-refractivity contribution in [1.29, 1.82) is 0 Å². The Morgan fingerprint density at radius 1 is 1.12 bits per heavy atom. The number of likely N-dealkylation sites (tertiary alicyclic amines) is 1. The molecular formula is C20H24N2O4.